The van der Waals surface area contributed by atoms with Gasteiger partial charge in [0.25, 0.3) is 0 Å². The van der Waals surface area contributed by atoms with Crippen LogP contribution in [-0.2, 0) is 26.6 Å². The molecule has 4 aromatic carbocycles. The highest BCUT2D eigenvalue weighted by Gasteiger charge is 2.26. The van der Waals surface area contributed by atoms with Crippen molar-refractivity contribution < 1.29 is 9.47 Å². The van der Waals surface area contributed by atoms with Crippen molar-refractivity contribution in [1.82, 2.24) is 39.1 Å². The first-order chi connectivity index (χ1) is 29.4. The molecular formula is C46H35N12O2+. The van der Waals surface area contributed by atoms with Crippen LogP contribution in [0, 0.1) is 40.1 Å². The van der Waals surface area contributed by atoms with Crippen molar-refractivity contribution in [2.75, 3.05) is 0 Å². The number of hydrogen-bond acceptors (Lipinski definition) is 9. The van der Waals surface area contributed by atoms with E-state index in [0.717, 1.165) is 94.0 Å². The highest BCUT2D eigenvalue weighted by Crippen LogP contribution is 2.39. The topological polar surface area (TPSA) is 165 Å². The third-order valence-corrected chi connectivity index (χ3v) is 11.3. The molecule has 0 spiro atoms. The molecule has 2 atom stereocenters. The maximum Gasteiger partial charge on any atom is 0.357 e. The van der Waals surface area contributed by atoms with Gasteiger partial charge in [0, 0.05) is 30.0 Å². The van der Waals surface area contributed by atoms with Crippen LogP contribution >= 0.6 is 0 Å². The minimum atomic E-state index is -0.224. The summed E-state index contributed by atoms with van der Waals surface area (Å²) < 4.78 is 20.2. The average Bonchev–Trinajstić information content (AvgIpc) is 4.10. The molecule has 0 fully saturated rings. The molecule has 0 unspecified atom stereocenters. The second kappa shape index (κ2) is 14.9. The summed E-state index contributed by atoms with van der Waals surface area (Å²) in [5, 5.41) is 49.1. The summed E-state index contributed by atoms with van der Waals surface area (Å²) in [7, 11) is 1.86. The molecule has 0 radical (unpaired) electrons. The number of nitriles is 3. The van der Waals surface area contributed by atoms with E-state index in [4.69, 9.17) is 9.47 Å². The smallest absolute Gasteiger partial charge is 0.357 e. The molecule has 290 valence electrons. The zero-order chi connectivity index (χ0) is 40.7. The van der Waals surface area contributed by atoms with Crippen molar-refractivity contribution in [2.24, 2.45) is 7.05 Å². The quantitative estimate of drug-likeness (QED) is 0.155. The van der Waals surface area contributed by atoms with E-state index in [1.165, 1.54) is 5.56 Å². The highest BCUT2D eigenvalue weighted by molar-refractivity contribution is 5.85. The Labute approximate surface area is 344 Å². The van der Waals surface area contributed by atoms with Gasteiger partial charge in [-0.2, -0.15) is 40.9 Å². The fourth-order valence-electron chi connectivity index (χ4n) is 8.38. The van der Waals surface area contributed by atoms with Gasteiger partial charge in [0.05, 0.1) is 71.0 Å². The Morgan fingerprint density at radius 2 is 1.22 bits per heavy atom. The molecular weight excluding hydrogens is 753 g/mol. The molecule has 0 saturated carbocycles. The van der Waals surface area contributed by atoms with Crippen LogP contribution in [0.5, 0.6) is 11.5 Å². The molecule has 8 aromatic rings. The second-order valence-electron chi connectivity index (χ2n) is 15.1. The number of fused-ring (bicyclic) bond motifs is 4. The average molecular weight is 788 g/mol. The van der Waals surface area contributed by atoms with Crippen LogP contribution in [0.1, 0.15) is 82.4 Å². The van der Waals surface area contributed by atoms with E-state index in [9.17, 15) is 15.8 Å². The zero-order valence-electron chi connectivity index (χ0n) is 32.5. The maximum atomic E-state index is 10.0. The standard InChI is InChI=1S/C46H35N12O2/c1-55-26-37(24-51-55)57-41-16-45(33(19-48)14-35(41)22-53-57)60-44-7-3-5-32-13-30(9-11-40(32)44)21-50-28-56-27-38(25-52-56)58-42-17-46(34(20-49)15-36(42)23-54-58)59-43-6-2-4-31-12-29(18-47)8-10-39(31)43/h8-17,22-27,43-44H,2-7,28H2,1H3/q+1/t43-,44+/m1/s1. The summed E-state index contributed by atoms with van der Waals surface area (Å²) in [5.41, 5.74) is 9.99. The van der Waals surface area contributed by atoms with Gasteiger partial charge in [-0.1, -0.05) is 17.0 Å². The normalized spacial score (nSPS) is 15.6. The minimum Gasteiger partial charge on any atom is -0.484 e. The van der Waals surface area contributed by atoms with Gasteiger partial charge in [0.15, 0.2) is 0 Å². The van der Waals surface area contributed by atoms with E-state index >= 15 is 0 Å². The first-order valence-electron chi connectivity index (χ1n) is 19.7. The molecule has 0 amide bonds. The Balaban J connectivity index is 0.850. The lowest BCUT2D eigenvalue weighted by molar-refractivity contribution is 0.183. The third-order valence-electron chi connectivity index (χ3n) is 11.3. The van der Waals surface area contributed by atoms with Gasteiger partial charge >= 0.3 is 12.7 Å². The summed E-state index contributed by atoms with van der Waals surface area (Å²) >= 11 is 0. The molecule has 0 aliphatic heterocycles. The maximum absolute atomic E-state index is 10.0. The largest absolute Gasteiger partial charge is 0.484 e. The van der Waals surface area contributed by atoms with Gasteiger partial charge in [-0.15, -0.1) is 0 Å². The third kappa shape index (κ3) is 6.62. The van der Waals surface area contributed by atoms with Gasteiger partial charge in [-0.05, 0) is 97.2 Å². The molecule has 0 saturated heterocycles. The lowest BCUT2D eigenvalue weighted by Gasteiger charge is -2.27. The molecule has 14 nitrogen and oxygen atoms in total. The Morgan fingerprint density at radius 3 is 1.78 bits per heavy atom. The number of aromatic nitrogens is 8. The van der Waals surface area contributed by atoms with E-state index in [2.05, 4.69) is 61.6 Å². The van der Waals surface area contributed by atoms with Crippen molar-refractivity contribution in [3.8, 4) is 47.2 Å². The number of hydrogen-bond donors (Lipinski definition) is 0. The van der Waals surface area contributed by atoms with E-state index in [-0.39, 0.29) is 18.9 Å². The van der Waals surface area contributed by atoms with E-state index in [1.54, 1.807) is 49.6 Å². The van der Waals surface area contributed by atoms with E-state index in [0.29, 0.717) is 28.2 Å². The second-order valence-corrected chi connectivity index (χ2v) is 15.1. The van der Waals surface area contributed by atoms with Gasteiger partial charge in [0.1, 0.15) is 52.8 Å². The molecule has 10 rings (SSSR count). The molecule has 4 heterocycles. The number of rotatable bonds is 7. The summed E-state index contributed by atoms with van der Waals surface area (Å²) in [4.78, 5) is 4.58. The van der Waals surface area contributed by atoms with E-state index in [1.807, 2.05) is 61.9 Å². The van der Waals surface area contributed by atoms with Crippen LogP contribution in [-0.4, -0.2) is 39.1 Å². The lowest BCUT2D eigenvalue weighted by atomic mass is 9.88. The van der Waals surface area contributed by atoms with Crippen LogP contribution in [0.2, 0.25) is 0 Å². The van der Waals surface area contributed by atoms with Crippen molar-refractivity contribution in [3.63, 3.8) is 0 Å². The van der Waals surface area contributed by atoms with Crippen LogP contribution in [0.3, 0.4) is 0 Å². The van der Waals surface area contributed by atoms with Crippen molar-refractivity contribution in [3.05, 3.63) is 147 Å². The summed E-state index contributed by atoms with van der Waals surface area (Å²) in [5.74, 6) is 1.01. The van der Waals surface area contributed by atoms with Crippen LogP contribution in [0.4, 0.5) is 0 Å². The highest BCUT2D eigenvalue weighted by atomic mass is 16.5. The van der Waals surface area contributed by atoms with Gasteiger partial charge in [-0.3, -0.25) is 4.68 Å². The molecule has 2 aliphatic rings. The SMILES string of the molecule is Cn1cc(-n2ncc3cc(C#N)c(O[C@H]4CCCc5cc(C#[N+]Cn6cc(-n7ncc8cc(C#N)c(O[C@@H]9CCCc%10cc(C#N)ccc%109)cc87)cn6)ccc54)cc32)cn1. The van der Waals surface area contributed by atoms with Crippen molar-refractivity contribution >= 4 is 21.8 Å². The first-order valence-corrected chi connectivity index (χ1v) is 19.7. The van der Waals surface area contributed by atoms with Crippen LogP contribution in [0.25, 0.3) is 38.0 Å². The Bertz CT molecular complexity index is 3190. The first kappa shape index (κ1) is 36.2. The van der Waals surface area contributed by atoms with Gasteiger partial charge in [-0.25, -0.2) is 9.36 Å². The fourth-order valence-corrected chi connectivity index (χ4v) is 8.38. The summed E-state index contributed by atoms with van der Waals surface area (Å²) in [6.45, 7) is 0.249. The predicted molar refractivity (Wildman–Crippen MR) is 221 cm³/mol. The zero-order valence-corrected chi connectivity index (χ0v) is 32.5. The summed E-state index contributed by atoms with van der Waals surface area (Å²) in [6.07, 6.45) is 15.6. The Kier molecular flexibility index (Phi) is 9.01. The number of benzene rings is 4. The molecule has 0 bridgehead atoms. The summed E-state index contributed by atoms with van der Waals surface area (Å²) in [6, 6.07) is 29.3. The van der Waals surface area contributed by atoms with Gasteiger partial charge < -0.3 is 9.47 Å². The number of nitrogens with zero attached hydrogens (tertiary/aromatic N) is 12. The molecule has 14 heteroatoms. The molecule has 0 N–H and O–H groups in total. The van der Waals surface area contributed by atoms with Crippen LogP contribution < -0.4 is 9.47 Å². The number of aryl methyl sites for hydroxylation is 3. The van der Waals surface area contributed by atoms with E-state index < -0.39 is 0 Å². The lowest BCUT2D eigenvalue weighted by Crippen LogP contribution is -2.16. The molecule has 4 aromatic heterocycles. The molecule has 2 aliphatic carbocycles. The Hall–Kier alpha value is -8.20. The minimum absolute atomic E-state index is 0.211. The van der Waals surface area contributed by atoms with Crippen LogP contribution in [0.15, 0.2) is 97.8 Å². The molecule has 60 heavy (non-hydrogen) atoms. The van der Waals surface area contributed by atoms with Crippen molar-refractivity contribution in [2.45, 2.75) is 57.4 Å². The monoisotopic (exact) mass is 787 g/mol. The Morgan fingerprint density at radius 1 is 0.650 bits per heavy atom. The predicted octanol–water partition coefficient (Wildman–Crippen LogP) is 8.16. The van der Waals surface area contributed by atoms with Gasteiger partial charge in [0.2, 0.25) is 0 Å². The van der Waals surface area contributed by atoms with Crippen molar-refractivity contribution in [1.29, 1.82) is 15.8 Å². The number of ether oxygens (including phenoxy) is 2. The fraction of sp³-hybridized carbons (Fsp3) is 0.217.